The minimum absolute atomic E-state index is 0.0254. The monoisotopic (exact) mass is 349 g/mol. The van der Waals surface area contributed by atoms with Crippen molar-refractivity contribution >= 4 is 0 Å². The molecule has 0 saturated heterocycles. The lowest BCUT2D eigenvalue weighted by atomic mass is 10.0. The highest BCUT2D eigenvalue weighted by Crippen LogP contribution is 2.22. The Bertz CT molecular complexity index is 451. The molecular weight excluding hydrogens is 310 g/mol. The van der Waals surface area contributed by atoms with E-state index in [4.69, 9.17) is 0 Å². The van der Waals surface area contributed by atoms with Gasteiger partial charge in [0.2, 0.25) is 0 Å². The number of aromatic amines is 1. The van der Waals surface area contributed by atoms with Crippen LogP contribution in [0.15, 0.2) is 18.2 Å². The number of hydrogen-bond donors (Lipinski definition) is 3. The highest BCUT2D eigenvalue weighted by atomic mass is 16.3. The van der Waals surface area contributed by atoms with Crippen LogP contribution >= 0.6 is 0 Å². The average Bonchev–Trinajstić information content (AvgIpc) is 2.92. The summed E-state index contributed by atoms with van der Waals surface area (Å²) in [6.07, 6.45) is 24.1. The Morgan fingerprint density at radius 1 is 0.760 bits per heavy atom. The van der Waals surface area contributed by atoms with Gasteiger partial charge >= 0.3 is 0 Å². The van der Waals surface area contributed by atoms with Crippen molar-refractivity contribution in [2.45, 2.75) is 103 Å². The fourth-order valence-corrected chi connectivity index (χ4v) is 3.23. The van der Waals surface area contributed by atoms with Gasteiger partial charge in [0.15, 0.2) is 11.8 Å². The van der Waals surface area contributed by atoms with E-state index >= 15 is 0 Å². The van der Waals surface area contributed by atoms with E-state index in [-0.39, 0.29) is 11.8 Å². The van der Waals surface area contributed by atoms with Gasteiger partial charge < -0.3 is 10.2 Å². The van der Waals surface area contributed by atoms with Gasteiger partial charge in [0.1, 0.15) is 0 Å². The molecule has 1 heterocycles. The Balaban J connectivity index is 1.81. The molecule has 3 N–H and O–H groups in total. The van der Waals surface area contributed by atoms with Crippen molar-refractivity contribution in [3.05, 3.63) is 23.8 Å². The van der Waals surface area contributed by atoms with E-state index in [0.717, 1.165) is 12.0 Å². The molecule has 3 heteroatoms. The number of unbranched alkanes of at least 4 members (excludes halogenated alkanes) is 13. The van der Waals surface area contributed by atoms with Crippen molar-refractivity contribution < 1.29 is 10.2 Å². The zero-order valence-electron chi connectivity index (χ0n) is 16.2. The number of aromatic nitrogens is 1. The fourth-order valence-electron chi connectivity index (χ4n) is 3.23. The van der Waals surface area contributed by atoms with Gasteiger partial charge in [0, 0.05) is 11.6 Å². The van der Waals surface area contributed by atoms with Crippen LogP contribution in [0.5, 0.6) is 11.8 Å². The summed E-state index contributed by atoms with van der Waals surface area (Å²) in [7, 11) is 0. The largest absolute Gasteiger partial charge is 0.495 e. The number of aromatic hydroxyl groups is 2. The standard InChI is InChI=1S/C22H39NO2/c1-2-3-4-5-6-7-8-9-10-11-12-13-14-15-16-17-18-20-19-21(24)23-22(20)25/h16-17,19,23-25H,2-15,18H2,1H3. The topological polar surface area (TPSA) is 56.2 Å². The van der Waals surface area contributed by atoms with Crippen LogP contribution in [0, 0.1) is 0 Å². The van der Waals surface area contributed by atoms with Crippen LogP contribution in [0.25, 0.3) is 0 Å². The van der Waals surface area contributed by atoms with Crippen molar-refractivity contribution in [2.75, 3.05) is 0 Å². The number of H-pyrrole nitrogens is 1. The summed E-state index contributed by atoms with van der Waals surface area (Å²) in [6.45, 7) is 2.28. The summed E-state index contributed by atoms with van der Waals surface area (Å²) in [4.78, 5) is 2.49. The van der Waals surface area contributed by atoms with Crippen LogP contribution < -0.4 is 0 Å². The van der Waals surface area contributed by atoms with E-state index in [9.17, 15) is 10.2 Å². The third-order valence-corrected chi connectivity index (χ3v) is 4.84. The summed E-state index contributed by atoms with van der Waals surface area (Å²) in [6, 6.07) is 1.57. The van der Waals surface area contributed by atoms with Crippen molar-refractivity contribution in [3.63, 3.8) is 0 Å². The minimum atomic E-state index is 0.0254. The van der Waals surface area contributed by atoms with Crippen LogP contribution in [-0.2, 0) is 6.42 Å². The Morgan fingerprint density at radius 3 is 1.76 bits per heavy atom. The molecule has 0 radical (unpaired) electrons. The first kappa shape index (κ1) is 21.7. The van der Waals surface area contributed by atoms with Gasteiger partial charge in [-0.3, -0.25) is 4.98 Å². The Morgan fingerprint density at radius 2 is 1.28 bits per heavy atom. The van der Waals surface area contributed by atoms with Crippen molar-refractivity contribution in [3.8, 4) is 11.8 Å². The first-order valence-electron chi connectivity index (χ1n) is 10.5. The van der Waals surface area contributed by atoms with E-state index in [0.29, 0.717) is 6.42 Å². The minimum Gasteiger partial charge on any atom is -0.495 e. The second-order valence-corrected chi connectivity index (χ2v) is 7.24. The molecule has 1 aromatic rings. The summed E-state index contributed by atoms with van der Waals surface area (Å²) in [5.74, 6) is 0.0977. The molecule has 0 amide bonds. The fraction of sp³-hybridized carbons (Fsp3) is 0.727. The zero-order chi connectivity index (χ0) is 18.2. The van der Waals surface area contributed by atoms with Crippen molar-refractivity contribution in [2.24, 2.45) is 0 Å². The van der Waals surface area contributed by atoms with E-state index in [1.165, 1.54) is 83.5 Å². The molecule has 0 spiro atoms. The summed E-state index contributed by atoms with van der Waals surface area (Å²) in [5.41, 5.74) is 0.749. The quantitative estimate of drug-likeness (QED) is 0.222. The van der Waals surface area contributed by atoms with E-state index in [2.05, 4.69) is 24.1 Å². The molecule has 0 unspecified atom stereocenters. The van der Waals surface area contributed by atoms with E-state index in [1.54, 1.807) is 6.07 Å². The third-order valence-electron chi connectivity index (χ3n) is 4.84. The molecule has 0 aliphatic heterocycles. The van der Waals surface area contributed by atoms with Crippen LogP contribution in [-0.4, -0.2) is 15.2 Å². The number of rotatable bonds is 16. The molecule has 0 aliphatic rings. The van der Waals surface area contributed by atoms with Gasteiger partial charge in [0.05, 0.1) is 0 Å². The van der Waals surface area contributed by atoms with Gasteiger partial charge in [-0.2, -0.15) is 0 Å². The van der Waals surface area contributed by atoms with Crippen LogP contribution in [0.4, 0.5) is 0 Å². The summed E-state index contributed by atoms with van der Waals surface area (Å²) in [5, 5.41) is 18.7. The molecule has 1 aromatic heterocycles. The highest BCUT2D eigenvalue weighted by Gasteiger charge is 2.03. The highest BCUT2D eigenvalue weighted by molar-refractivity contribution is 5.34. The maximum absolute atomic E-state index is 9.51. The first-order chi connectivity index (χ1) is 12.2. The Labute approximate surface area is 154 Å². The smallest absolute Gasteiger partial charge is 0.194 e. The normalized spacial score (nSPS) is 11.6. The van der Waals surface area contributed by atoms with E-state index in [1.807, 2.05) is 0 Å². The predicted molar refractivity (Wildman–Crippen MR) is 107 cm³/mol. The molecule has 0 aliphatic carbocycles. The Hall–Kier alpha value is -1.38. The number of allylic oxidation sites excluding steroid dienone is 2. The van der Waals surface area contributed by atoms with Crippen LogP contribution in [0.2, 0.25) is 0 Å². The van der Waals surface area contributed by atoms with E-state index < -0.39 is 0 Å². The molecule has 0 atom stereocenters. The maximum atomic E-state index is 9.51. The number of nitrogens with one attached hydrogen (secondary N) is 1. The van der Waals surface area contributed by atoms with Crippen LogP contribution in [0.1, 0.15) is 102 Å². The summed E-state index contributed by atoms with van der Waals surface area (Å²) >= 11 is 0. The molecular formula is C22H39NO2. The SMILES string of the molecule is CCCCCCCCCCCCCCCC=CCc1cc(O)[nH]c1O. The lowest BCUT2D eigenvalue weighted by Crippen LogP contribution is -1.83. The van der Waals surface area contributed by atoms with Gasteiger partial charge in [-0.15, -0.1) is 0 Å². The molecule has 3 nitrogen and oxygen atoms in total. The van der Waals surface area contributed by atoms with Gasteiger partial charge in [-0.1, -0.05) is 96.1 Å². The van der Waals surface area contributed by atoms with Crippen molar-refractivity contribution in [1.82, 2.24) is 4.98 Å². The second kappa shape index (κ2) is 14.9. The average molecular weight is 350 g/mol. The molecule has 0 bridgehead atoms. The molecule has 1 rings (SSSR count). The Kier molecular flexibility index (Phi) is 12.9. The zero-order valence-corrected chi connectivity index (χ0v) is 16.2. The molecule has 0 aromatic carbocycles. The lowest BCUT2D eigenvalue weighted by molar-refractivity contribution is 0.423. The molecule has 0 fully saturated rings. The third kappa shape index (κ3) is 11.7. The molecule has 0 saturated carbocycles. The number of hydrogen-bond acceptors (Lipinski definition) is 2. The van der Waals surface area contributed by atoms with Crippen molar-refractivity contribution in [1.29, 1.82) is 0 Å². The molecule has 144 valence electrons. The predicted octanol–water partition coefficient (Wildman–Crippen LogP) is 7.01. The second-order valence-electron chi connectivity index (χ2n) is 7.24. The van der Waals surface area contributed by atoms with Gasteiger partial charge in [0.25, 0.3) is 0 Å². The lowest BCUT2D eigenvalue weighted by Gasteiger charge is -2.02. The van der Waals surface area contributed by atoms with Gasteiger partial charge in [-0.05, 0) is 19.3 Å². The summed E-state index contributed by atoms with van der Waals surface area (Å²) < 4.78 is 0. The molecule has 25 heavy (non-hydrogen) atoms. The maximum Gasteiger partial charge on any atom is 0.194 e. The van der Waals surface area contributed by atoms with Crippen LogP contribution in [0.3, 0.4) is 0 Å². The first-order valence-corrected chi connectivity index (χ1v) is 10.5. The van der Waals surface area contributed by atoms with Gasteiger partial charge in [-0.25, -0.2) is 0 Å².